The Balaban J connectivity index is 1.49. The van der Waals surface area contributed by atoms with E-state index in [0.717, 1.165) is 16.7 Å². The van der Waals surface area contributed by atoms with E-state index >= 15 is 0 Å². The maximum Gasteiger partial charge on any atom is 0.291 e. The molecule has 212 valence electrons. The van der Waals surface area contributed by atoms with Crippen LogP contribution >= 0.6 is 0 Å². The van der Waals surface area contributed by atoms with Crippen LogP contribution in [0.5, 0.6) is 11.5 Å². The van der Waals surface area contributed by atoms with Crippen LogP contribution in [0.1, 0.15) is 57.8 Å². The number of amides is 1. The zero-order valence-corrected chi connectivity index (χ0v) is 24.0. The Bertz CT molecular complexity index is 1830. The third-order valence-corrected chi connectivity index (χ3v) is 9.69. The monoisotopic (exact) mass is 573 g/mol. The van der Waals surface area contributed by atoms with Crippen molar-refractivity contribution in [2.45, 2.75) is 45.9 Å². The second-order valence-electron chi connectivity index (χ2n) is 10.7. The van der Waals surface area contributed by atoms with Crippen LogP contribution in [0.4, 0.5) is 0 Å². The van der Waals surface area contributed by atoms with Gasteiger partial charge >= 0.3 is 0 Å². The molecule has 0 aliphatic carbocycles. The smallest absolute Gasteiger partial charge is 0.291 e. The molecule has 2 atom stereocenters. The fourth-order valence-electron chi connectivity index (χ4n) is 5.76. The first-order chi connectivity index (χ1) is 19.7. The largest absolute Gasteiger partial charge is 0.490 e. The fraction of sp³-hybridized carbons (Fsp3) is 0.312. The number of sulfone groups is 1. The van der Waals surface area contributed by atoms with Gasteiger partial charge in [0.1, 0.15) is 12.2 Å². The summed E-state index contributed by atoms with van der Waals surface area (Å²) in [5.74, 6) is 0.302. The molecule has 41 heavy (non-hydrogen) atoms. The molecule has 0 N–H and O–H groups in total. The van der Waals surface area contributed by atoms with Crippen molar-refractivity contribution in [1.29, 1.82) is 0 Å². The molecule has 0 radical (unpaired) electrons. The highest BCUT2D eigenvalue weighted by Crippen LogP contribution is 2.43. The van der Waals surface area contributed by atoms with Gasteiger partial charge in [0, 0.05) is 6.04 Å². The minimum absolute atomic E-state index is 0.0112. The molecule has 9 heteroatoms. The molecule has 1 aromatic heterocycles. The Morgan fingerprint density at radius 3 is 2.41 bits per heavy atom. The van der Waals surface area contributed by atoms with Crippen LogP contribution in [0.25, 0.3) is 11.0 Å². The van der Waals surface area contributed by atoms with Gasteiger partial charge in [0.2, 0.25) is 5.76 Å². The normalized spacial score (nSPS) is 19.5. The van der Waals surface area contributed by atoms with Crippen molar-refractivity contribution in [3.05, 3.63) is 104 Å². The van der Waals surface area contributed by atoms with E-state index in [9.17, 15) is 18.0 Å². The van der Waals surface area contributed by atoms with E-state index in [-0.39, 0.29) is 28.3 Å². The van der Waals surface area contributed by atoms with E-state index in [1.165, 1.54) is 4.90 Å². The van der Waals surface area contributed by atoms with Gasteiger partial charge in [-0.25, -0.2) is 8.42 Å². The van der Waals surface area contributed by atoms with Gasteiger partial charge in [-0.05, 0) is 73.7 Å². The Hall–Kier alpha value is -4.11. The summed E-state index contributed by atoms with van der Waals surface area (Å²) in [7, 11) is -3.31. The molecule has 0 spiro atoms. The zero-order chi connectivity index (χ0) is 28.9. The number of carbonyl (C=O) groups is 1. The van der Waals surface area contributed by atoms with Gasteiger partial charge in [-0.15, -0.1) is 0 Å². The number of fused-ring (bicyclic) bond motifs is 2. The molecular formula is C32H31NO7S. The molecule has 3 aromatic carbocycles. The number of hydrogen-bond acceptors (Lipinski definition) is 7. The fourth-order valence-corrected chi connectivity index (χ4v) is 7.47. The van der Waals surface area contributed by atoms with Crippen LogP contribution in [-0.2, 0) is 16.4 Å². The molecule has 3 heterocycles. The second kappa shape index (κ2) is 10.4. The lowest BCUT2D eigenvalue weighted by molar-refractivity contribution is 0.0662. The van der Waals surface area contributed by atoms with Crippen LogP contribution in [0.15, 0.2) is 69.9 Å². The van der Waals surface area contributed by atoms with Crippen LogP contribution in [0.2, 0.25) is 0 Å². The molecule has 2 unspecified atom stereocenters. The molecule has 6 rings (SSSR count). The van der Waals surface area contributed by atoms with Crippen molar-refractivity contribution in [3.8, 4) is 11.5 Å². The summed E-state index contributed by atoms with van der Waals surface area (Å²) in [5, 5.41) is 0.387. The highest BCUT2D eigenvalue weighted by atomic mass is 32.2. The summed E-state index contributed by atoms with van der Waals surface area (Å²) in [6.45, 7) is 6.41. The SMILES string of the molecule is CCOc1cc(C2c3c(oc4cc(C)c(C)cc4c3=O)C(=O)N2C2CCS(=O)(=O)C2)ccc1OCc1ccccc1. The summed E-state index contributed by atoms with van der Waals surface area (Å²) in [5.41, 5.74) is 3.75. The van der Waals surface area contributed by atoms with E-state index in [1.807, 2.05) is 51.1 Å². The predicted octanol–water partition coefficient (Wildman–Crippen LogP) is 5.12. The number of benzene rings is 3. The molecule has 8 nitrogen and oxygen atoms in total. The van der Waals surface area contributed by atoms with Gasteiger partial charge in [0.15, 0.2) is 26.8 Å². The minimum Gasteiger partial charge on any atom is -0.490 e. The summed E-state index contributed by atoms with van der Waals surface area (Å²) >= 11 is 0. The van der Waals surface area contributed by atoms with E-state index in [2.05, 4.69) is 0 Å². The van der Waals surface area contributed by atoms with Gasteiger partial charge < -0.3 is 18.8 Å². The quantitative estimate of drug-likeness (QED) is 0.302. The highest BCUT2D eigenvalue weighted by molar-refractivity contribution is 7.91. The molecule has 0 bridgehead atoms. The topological polar surface area (TPSA) is 103 Å². The van der Waals surface area contributed by atoms with Crippen molar-refractivity contribution in [2.75, 3.05) is 18.1 Å². The Morgan fingerprint density at radius 1 is 0.951 bits per heavy atom. The Labute approximate surface area is 238 Å². The molecule has 1 saturated heterocycles. The van der Waals surface area contributed by atoms with Crippen LogP contribution in [-0.4, -0.2) is 43.4 Å². The molecule has 0 saturated carbocycles. The van der Waals surface area contributed by atoms with E-state index in [0.29, 0.717) is 47.7 Å². The van der Waals surface area contributed by atoms with Crippen molar-refractivity contribution >= 4 is 26.7 Å². The van der Waals surface area contributed by atoms with Gasteiger partial charge in [-0.1, -0.05) is 36.4 Å². The van der Waals surface area contributed by atoms with E-state index in [1.54, 1.807) is 30.3 Å². The van der Waals surface area contributed by atoms with Crippen LogP contribution < -0.4 is 14.9 Å². The predicted molar refractivity (Wildman–Crippen MR) is 155 cm³/mol. The van der Waals surface area contributed by atoms with Crippen molar-refractivity contribution < 1.29 is 27.1 Å². The first kappa shape index (κ1) is 27.1. The van der Waals surface area contributed by atoms with Crippen molar-refractivity contribution in [3.63, 3.8) is 0 Å². The summed E-state index contributed by atoms with van der Waals surface area (Å²) < 4.78 is 43.1. The Kier molecular flexibility index (Phi) is 6.85. The molecule has 1 fully saturated rings. The standard InChI is InChI=1S/C32H31NO7S/c1-4-38-27-16-22(10-11-25(27)39-17-21-8-6-5-7-9-21)29-28-30(34)24-14-19(2)20(3)15-26(24)40-31(28)32(35)33(29)23-12-13-41(36,37)18-23/h5-11,14-16,23,29H,4,12-13,17-18H2,1-3H3. The number of ether oxygens (including phenoxy) is 2. The lowest BCUT2D eigenvalue weighted by atomic mass is 9.96. The van der Waals surface area contributed by atoms with Gasteiger partial charge in [0.05, 0.1) is 35.1 Å². The summed E-state index contributed by atoms with van der Waals surface area (Å²) in [6.07, 6.45) is 0.293. The number of hydrogen-bond donors (Lipinski definition) is 0. The number of aryl methyl sites for hydroxylation is 2. The summed E-state index contributed by atoms with van der Waals surface area (Å²) in [4.78, 5) is 29.5. The average Bonchev–Trinajstić information content (AvgIpc) is 3.45. The highest BCUT2D eigenvalue weighted by Gasteiger charge is 2.48. The Morgan fingerprint density at radius 2 is 1.71 bits per heavy atom. The average molecular weight is 574 g/mol. The van der Waals surface area contributed by atoms with E-state index < -0.39 is 27.8 Å². The lowest BCUT2D eigenvalue weighted by Crippen LogP contribution is -2.40. The molecule has 1 amide bonds. The van der Waals surface area contributed by atoms with E-state index in [4.69, 9.17) is 13.9 Å². The third-order valence-electron chi connectivity index (χ3n) is 7.94. The first-order valence-electron chi connectivity index (χ1n) is 13.7. The molecule has 2 aliphatic rings. The van der Waals surface area contributed by atoms with Crippen molar-refractivity contribution in [2.24, 2.45) is 0 Å². The van der Waals surface area contributed by atoms with Crippen LogP contribution in [0.3, 0.4) is 0 Å². The maximum atomic E-state index is 14.0. The number of nitrogens with zero attached hydrogens (tertiary/aromatic N) is 1. The van der Waals surface area contributed by atoms with Crippen LogP contribution in [0, 0.1) is 13.8 Å². The lowest BCUT2D eigenvalue weighted by Gasteiger charge is -2.30. The molecular weight excluding hydrogens is 542 g/mol. The van der Waals surface area contributed by atoms with Gasteiger partial charge in [0.25, 0.3) is 5.91 Å². The molecule has 4 aromatic rings. The zero-order valence-electron chi connectivity index (χ0n) is 23.2. The number of rotatable bonds is 7. The van der Waals surface area contributed by atoms with Crippen molar-refractivity contribution in [1.82, 2.24) is 4.90 Å². The van der Waals surface area contributed by atoms with Gasteiger partial charge in [-0.3, -0.25) is 9.59 Å². The number of carbonyl (C=O) groups excluding carboxylic acids is 1. The molecule has 2 aliphatic heterocycles. The van der Waals surface area contributed by atoms with Gasteiger partial charge in [-0.2, -0.15) is 0 Å². The summed E-state index contributed by atoms with van der Waals surface area (Å²) in [6, 6.07) is 17.2. The maximum absolute atomic E-state index is 14.0. The second-order valence-corrected chi connectivity index (χ2v) is 12.9. The third kappa shape index (κ3) is 4.88. The first-order valence-corrected chi connectivity index (χ1v) is 15.5. The minimum atomic E-state index is -3.31.